The van der Waals surface area contributed by atoms with E-state index in [0.717, 1.165) is 0 Å². The first kappa shape index (κ1) is 10.8. The van der Waals surface area contributed by atoms with Crippen LogP contribution in [0.2, 0.25) is 0 Å². The van der Waals surface area contributed by atoms with E-state index in [-0.39, 0.29) is 0 Å². The van der Waals surface area contributed by atoms with Crippen molar-refractivity contribution in [3.8, 4) is 0 Å². The molecule has 0 radical (unpaired) electrons. The van der Waals surface area contributed by atoms with Gasteiger partial charge in [-0.25, -0.2) is 0 Å². The first-order valence-electron chi connectivity index (χ1n) is 4.46. The lowest BCUT2D eigenvalue weighted by Crippen LogP contribution is -1.89. The van der Waals surface area contributed by atoms with E-state index in [9.17, 15) is 0 Å². The number of hydrogen-bond donors (Lipinski definition) is 1. The van der Waals surface area contributed by atoms with Crippen molar-refractivity contribution in [2.45, 2.75) is 0 Å². The first-order chi connectivity index (χ1) is 7.50. The third-order valence-corrected chi connectivity index (χ3v) is 1.31. The molecule has 1 aliphatic rings. The second kappa shape index (κ2) is 8.37. The second-order valence-electron chi connectivity index (χ2n) is 2.42. The molecule has 4 heteroatoms. The summed E-state index contributed by atoms with van der Waals surface area (Å²) in [7, 11) is 0. The summed E-state index contributed by atoms with van der Waals surface area (Å²) in [6.07, 6.45) is 18.7. The third kappa shape index (κ3) is 6.89. The van der Waals surface area contributed by atoms with Crippen LogP contribution in [-0.2, 0) is 0 Å². The standard InChI is InChI=1S/C11H12N4/c1-2-5-13-8-10-15-11-9-14-7-3-6-12-4-1/h1-11,15H. The Morgan fingerprint density at radius 2 is 1.13 bits per heavy atom. The Hall–Kier alpha value is -2.23. The molecule has 15 heavy (non-hydrogen) atoms. The lowest BCUT2D eigenvalue weighted by atomic mass is 10.5. The molecule has 0 bridgehead atoms. The van der Waals surface area contributed by atoms with E-state index in [0.29, 0.717) is 0 Å². The summed E-state index contributed by atoms with van der Waals surface area (Å²) in [5, 5.41) is 2.89. The Morgan fingerprint density at radius 1 is 0.600 bits per heavy atom. The van der Waals surface area contributed by atoms with Gasteiger partial charge in [0, 0.05) is 49.6 Å². The van der Waals surface area contributed by atoms with Gasteiger partial charge in [0.25, 0.3) is 0 Å². The van der Waals surface area contributed by atoms with Gasteiger partial charge in [0.2, 0.25) is 0 Å². The van der Waals surface area contributed by atoms with Gasteiger partial charge in [0.05, 0.1) is 0 Å². The zero-order chi connectivity index (χ0) is 10.6. The fourth-order valence-corrected chi connectivity index (χ4v) is 0.713. The number of nitrogens with one attached hydrogen (secondary N) is 1. The van der Waals surface area contributed by atoms with E-state index >= 15 is 0 Å². The van der Waals surface area contributed by atoms with Gasteiger partial charge in [-0.3, -0.25) is 15.0 Å². The van der Waals surface area contributed by atoms with Crippen molar-refractivity contribution in [3.05, 3.63) is 49.2 Å². The largest absolute Gasteiger partial charge is 0.365 e. The monoisotopic (exact) mass is 200 g/mol. The average molecular weight is 200 g/mol. The van der Waals surface area contributed by atoms with Crippen LogP contribution in [-0.4, -0.2) is 18.6 Å². The van der Waals surface area contributed by atoms with Crippen molar-refractivity contribution >= 4 is 18.6 Å². The zero-order valence-corrected chi connectivity index (χ0v) is 8.19. The third-order valence-electron chi connectivity index (χ3n) is 1.31. The van der Waals surface area contributed by atoms with Crippen molar-refractivity contribution in [2.24, 2.45) is 15.0 Å². The number of aliphatic imine (C=N–C) groups is 3. The summed E-state index contributed by atoms with van der Waals surface area (Å²) in [5.41, 5.74) is 0. The Balaban J connectivity index is 2.62. The van der Waals surface area contributed by atoms with Gasteiger partial charge < -0.3 is 5.32 Å². The molecule has 0 aromatic rings. The summed E-state index contributed by atoms with van der Waals surface area (Å²) >= 11 is 0. The molecule has 1 rings (SSSR count). The fourth-order valence-electron chi connectivity index (χ4n) is 0.713. The highest BCUT2D eigenvalue weighted by Crippen LogP contribution is 1.78. The van der Waals surface area contributed by atoms with Gasteiger partial charge in [0.15, 0.2) is 0 Å². The summed E-state index contributed by atoms with van der Waals surface area (Å²) < 4.78 is 0. The molecule has 0 amide bonds. The predicted octanol–water partition coefficient (Wildman–Crippen LogP) is 1.81. The number of allylic oxidation sites excluding steroid dienone is 3. The fraction of sp³-hybridized carbons (Fsp3) is 0. The smallest absolute Gasteiger partial charge is 0.0428 e. The number of nitrogens with zero attached hydrogens (tertiary/aromatic N) is 3. The Labute approximate surface area is 88.9 Å². The van der Waals surface area contributed by atoms with Gasteiger partial charge in [-0.2, -0.15) is 0 Å². The molecule has 76 valence electrons. The average Bonchev–Trinajstić information content (AvgIpc) is 2.27. The van der Waals surface area contributed by atoms with Crippen LogP contribution < -0.4 is 5.32 Å². The summed E-state index contributed by atoms with van der Waals surface area (Å²) in [4.78, 5) is 11.9. The summed E-state index contributed by atoms with van der Waals surface area (Å²) in [5.74, 6) is 0. The van der Waals surface area contributed by atoms with Crippen LogP contribution in [0.3, 0.4) is 0 Å². The van der Waals surface area contributed by atoms with Crippen LogP contribution in [0.5, 0.6) is 0 Å². The van der Waals surface area contributed by atoms with E-state index in [1.54, 1.807) is 67.9 Å². The molecule has 0 unspecified atom stereocenters. The van der Waals surface area contributed by atoms with E-state index in [1.165, 1.54) is 0 Å². The first-order valence-corrected chi connectivity index (χ1v) is 4.46. The van der Waals surface area contributed by atoms with Gasteiger partial charge in [-0.1, -0.05) is 0 Å². The molecule has 0 saturated carbocycles. The van der Waals surface area contributed by atoms with Crippen molar-refractivity contribution < 1.29 is 0 Å². The highest BCUT2D eigenvalue weighted by Gasteiger charge is 1.68. The molecule has 0 saturated heterocycles. The van der Waals surface area contributed by atoms with Crippen LogP contribution in [0.4, 0.5) is 0 Å². The molecule has 1 aliphatic heterocycles. The second-order valence-corrected chi connectivity index (χ2v) is 2.42. The van der Waals surface area contributed by atoms with Gasteiger partial charge >= 0.3 is 0 Å². The molecule has 0 aliphatic carbocycles. The van der Waals surface area contributed by atoms with Gasteiger partial charge in [0.1, 0.15) is 0 Å². The molecule has 1 N–H and O–H groups in total. The number of hydrogen-bond acceptors (Lipinski definition) is 4. The van der Waals surface area contributed by atoms with E-state index in [1.807, 2.05) is 0 Å². The van der Waals surface area contributed by atoms with E-state index < -0.39 is 0 Å². The van der Waals surface area contributed by atoms with Crippen molar-refractivity contribution in [2.75, 3.05) is 0 Å². The lowest BCUT2D eigenvalue weighted by molar-refractivity contribution is 1.17. The lowest BCUT2D eigenvalue weighted by Gasteiger charge is -1.84. The van der Waals surface area contributed by atoms with E-state index in [2.05, 4.69) is 20.3 Å². The molecule has 0 aromatic heterocycles. The normalized spacial score (nSPS) is 16.0. The molecular weight excluding hydrogens is 188 g/mol. The minimum absolute atomic E-state index is 1.64. The van der Waals surface area contributed by atoms with Gasteiger partial charge in [-0.15, -0.1) is 0 Å². The Kier molecular flexibility index (Phi) is 6.05. The molecule has 0 aromatic carbocycles. The highest BCUT2D eigenvalue weighted by molar-refractivity contribution is 5.82. The maximum atomic E-state index is 3.98. The van der Waals surface area contributed by atoms with Crippen LogP contribution in [0.1, 0.15) is 0 Å². The van der Waals surface area contributed by atoms with Crippen molar-refractivity contribution in [1.82, 2.24) is 5.32 Å². The van der Waals surface area contributed by atoms with Crippen molar-refractivity contribution in [3.63, 3.8) is 0 Å². The minimum atomic E-state index is 1.64. The van der Waals surface area contributed by atoms with Crippen LogP contribution in [0.15, 0.2) is 64.2 Å². The molecule has 4 nitrogen and oxygen atoms in total. The summed E-state index contributed by atoms with van der Waals surface area (Å²) in [6.45, 7) is 0. The Morgan fingerprint density at radius 3 is 1.80 bits per heavy atom. The van der Waals surface area contributed by atoms with Crippen LogP contribution >= 0.6 is 0 Å². The molecule has 1 heterocycles. The van der Waals surface area contributed by atoms with Crippen LogP contribution in [0, 0.1) is 0 Å². The number of rotatable bonds is 0. The Bertz CT molecular complexity index is 323. The molecule has 0 atom stereocenters. The zero-order valence-electron chi connectivity index (χ0n) is 8.19. The van der Waals surface area contributed by atoms with Crippen LogP contribution in [0.25, 0.3) is 0 Å². The van der Waals surface area contributed by atoms with Crippen molar-refractivity contribution in [1.29, 1.82) is 0 Å². The maximum absolute atomic E-state index is 3.98. The highest BCUT2D eigenvalue weighted by atomic mass is 14.8. The molecule has 0 fully saturated rings. The van der Waals surface area contributed by atoms with Gasteiger partial charge in [-0.05, 0) is 18.2 Å². The molecule has 0 spiro atoms. The van der Waals surface area contributed by atoms with E-state index in [4.69, 9.17) is 0 Å². The topological polar surface area (TPSA) is 49.1 Å². The summed E-state index contributed by atoms with van der Waals surface area (Å²) in [6, 6.07) is 0. The predicted molar refractivity (Wildman–Crippen MR) is 65.2 cm³/mol. The quantitative estimate of drug-likeness (QED) is 0.637. The molecular formula is C11H12N4. The SMILES string of the molecule is C1=CC=NC=CNC=CN=CC=CN=C1. The maximum Gasteiger partial charge on any atom is 0.0428 e. The minimum Gasteiger partial charge on any atom is -0.365 e.